The van der Waals surface area contributed by atoms with Crippen molar-refractivity contribution in [2.24, 2.45) is 0 Å². The SMILES string of the molecule is CC(=O)c1c(C)nn(Cc2ccc(Cl)cc2)c1C. The van der Waals surface area contributed by atoms with Crippen molar-refractivity contribution in [1.82, 2.24) is 9.78 Å². The number of aromatic nitrogens is 2. The minimum Gasteiger partial charge on any atom is -0.294 e. The van der Waals surface area contributed by atoms with Gasteiger partial charge in [-0.05, 0) is 38.5 Å². The second-order valence-electron chi connectivity index (χ2n) is 4.39. The highest BCUT2D eigenvalue weighted by molar-refractivity contribution is 6.30. The number of hydrogen-bond acceptors (Lipinski definition) is 2. The number of Topliss-reactive ketones (excluding diaryl/α,β-unsaturated/α-hetero) is 1. The number of aryl methyl sites for hydroxylation is 1. The fourth-order valence-electron chi connectivity index (χ4n) is 2.12. The van der Waals surface area contributed by atoms with E-state index in [4.69, 9.17) is 11.6 Å². The molecule has 4 heteroatoms. The summed E-state index contributed by atoms with van der Waals surface area (Å²) in [5.41, 5.74) is 3.54. The molecule has 0 spiro atoms. The Morgan fingerprint density at radius 1 is 1.28 bits per heavy atom. The van der Waals surface area contributed by atoms with E-state index in [0.29, 0.717) is 6.54 Å². The van der Waals surface area contributed by atoms with Crippen molar-refractivity contribution in [3.63, 3.8) is 0 Å². The summed E-state index contributed by atoms with van der Waals surface area (Å²) in [5.74, 6) is 0.0624. The second-order valence-corrected chi connectivity index (χ2v) is 4.82. The Kier molecular flexibility index (Phi) is 3.53. The lowest BCUT2D eigenvalue weighted by molar-refractivity contribution is 0.101. The van der Waals surface area contributed by atoms with Crippen molar-refractivity contribution < 1.29 is 4.79 Å². The summed E-state index contributed by atoms with van der Waals surface area (Å²) in [4.78, 5) is 11.5. The van der Waals surface area contributed by atoms with Crippen LogP contribution in [0.1, 0.15) is 34.2 Å². The third-order valence-corrected chi connectivity index (χ3v) is 3.23. The highest BCUT2D eigenvalue weighted by atomic mass is 35.5. The van der Waals surface area contributed by atoms with Crippen molar-refractivity contribution >= 4 is 17.4 Å². The van der Waals surface area contributed by atoms with Crippen LogP contribution in [0.5, 0.6) is 0 Å². The van der Waals surface area contributed by atoms with Gasteiger partial charge in [-0.1, -0.05) is 23.7 Å². The lowest BCUT2D eigenvalue weighted by Crippen LogP contribution is -2.05. The van der Waals surface area contributed by atoms with Gasteiger partial charge < -0.3 is 0 Å². The van der Waals surface area contributed by atoms with Crippen LogP contribution >= 0.6 is 11.6 Å². The largest absolute Gasteiger partial charge is 0.294 e. The number of benzene rings is 1. The van der Waals surface area contributed by atoms with Crippen molar-refractivity contribution in [3.05, 3.63) is 51.8 Å². The van der Waals surface area contributed by atoms with E-state index < -0.39 is 0 Å². The van der Waals surface area contributed by atoms with Crippen molar-refractivity contribution in [2.45, 2.75) is 27.3 Å². The third-order valence-electron chi connectivity index (χ3n) is 2.98. The lowest BCUT2D eigenvalue weighted by Gasteiger charge is -2.05. The molecule has 0 atom stereocenters. The molecule has 0 unspecified atom stereocenters. The maximum absolute atomic E-state index is 11.5. The molecule has 1 heterocycles. The Balaban J connectivity index is 2.33. The molecular formula is C14H15ClN2O. The molecule has 0 amide bonds. The van der Waals surface area contributed by atoms with Crippen LogP contribution in [-0.4, -0.2) is 15.6 Å². The molecule has 18 heavy (non-hydrogen) atoms. The summed E-state index contributed by atoms with van der Waals surface area (Å²) >= 11 is 5.85. The molecule has 2 rings (SSSR count). The average molecular weight is 263 g/mol. The zero-order valence-corrected chi connectivity index (χ0v) is 11.5. The van der Waals surface area contributed by atoms with E-state index in [2.05, 4.69) is 5.10 Å². The normalized spacial score (nSPS) is 10.7. The third kappa shape index (κ3) is 2.46. The van der Waals surface area contributed by atoms with E-state index in [9.17, 15) is 4.79 Å². The highest BCUT2D eigenvalue weighted by Crippen LogP contribution is 2.16. The zero-order valence-electron chi connectivity index (χ0n) is 10.7. The quantitative estimate of drug-likeness (QED) is 0.795. The standard InChI is InChI=1S/C14H15ClN2O/c1-9-14(11(3)18)10(2)17(16-9)8-12-4-6-13(15)7-5-12/h4-7H,8H2,1-3H3. The molecule has 0 aliphatic carbocycles. The summed E-state index contributed by atoms with van der Waals surface area (Å²) in [6.07, 6.45) is 0. The van der Waals surface area contributed by atoms with Crippen LogP contribution in [0.2, 0.25) is 5.02 Å². The van der Waals surface area contributed by atoms with Gasteiger partial charge >= 0.3 is 0 Å². The molecule has 3 nitrogen and oxygen atoms in total. The maximum Gasteiger partial charge on any atom is 0.163 e. The molecule has 0 saturated heterocycles. The Morgan fingerprint density at radius 3 is 2.39 bits per heavy atom. The van der Waals surface area contributed by atoms with E-state index in [0.717, 1.165) is 27.5 Å². The van der Waals surface area contributed by atoms with Gasteiger partial charge in [0.2, 0.25) is 0 Å². The molecule has 0 radical (unpaired) electrons. The molecule has 1 aromatic heterocycles. The van der Waals surface area contributed by atoms with Crippen LogP contribution in [0.4, 0.5) is 0 Å². The Hall–Kier alpha value is -1.61. The number of ketones is 1. The van der Waals surface area contributed by atoms with E-state index in [1.165, 1.54) is 0 Å². The number of carbonyl (C=O) groups is 1. The number of nitrogens with zero attached hydrogens (tertiary/aromatic N) is 2. The summed E-state index contributed by atoms with van der Waals surface area (Å²) in [7, 11) is 0. The minimum absolute atomic E-state index is 0.0624. The molecule has 0 aliphatic heterocycles. The lowest BCUT2D eigenvalue weighted by atomic mass is 10.1. The molecule has 2 aromatic rings. The summed E-state index contributed by atoms with van der Waals surface area (Å²) in [5, 5.41) is 5.13. The maximum atomic E-state index is 11.5. The van der Waals surface area contributed by atoms with Gasteiger partial charge in [0.25, 0.3) is 0 Å². The van der Waals surface area contributed by atoms with Crippen molar-refractivity contribution in [3.8, 4) is 0 Å². The van der Waals surface area contributed by atoms with Crippen LogP contribution in [-0.2, 0) is 6.54 Å². The molecule has 1 aromatic carbocycles. The first-order chi connectivity index (χ1) is 8.49. The Morgan fingerprint density at radius 2 is 1.89 bits per heavy atom. The number of halogens is 1. The summed E-state index contributed by atoms with van der Waals surface area (Å²) in [6.45, 7) is 6.01. The zero-order chi connectivity index (χ0) is 13.3. The summed E-state index contributed by atoms with van der Waals surface area (Å²) in [6, 6.07) is 7.64. The monoisotopic (exact) mass is 262 g/mol. The van der Waals surface area contributed by atoms with Crippen LogP contribution in [0.15, 0.2) is 24.3 Å². The molecule has 94 valence electrons. The fourth-order valence-corrected chi connectivity index (χ4v) is 2.25. The van der Waals surface area contributed by atoms with Crippen LogP contribution < -0.4 is 0 Å². The minimum atomic E-state index is 0.0624. The first kappa shape index (κ1) is 12.8. The predicted octanol–water partition coefficient (Wildman–Crippen LogP) is 3.40. The van der Waals surface area contributed by atoms with Gasteiger partial charge in [-0.2, -0.15) is 5.10 Å². The first-order valence-corrected chi connectivity index (χ1v) is 6.16. The molecule has 0 saturated carbocycles. The molecule has 0 aliphatic rings. The molecule has 0 fully saturated rings. The second kappa shape index (κ2) is 4.94. The van der Waals surface area contributed by atoms with Gasteiger partial charge in [0.15, 0.2) is 5.78 Å². The Labute approximate surface area is 111 Å². The smallest absolute Gasteiger partial charge is 0.163 e. The fraction of sp³-hybridized carbons (Fsp3) is 0.286. The van der Waals surface area contributed by atoms with E-state index in [-0.39, 0.29) is 5.78 Å². The van der Waals surface area contributed by atoms with Gasteiger partial charge in [-0.15, -0.1) is 0 Å². The van der Waals surface area contributed by atoms with E-state index in [1.807, 2.05) is 42.8 Å². The van der Waals surface area contributed by atoms with Gasteiger partial charge in [0.1, 0.15) is 0 Å². The van der Waals surface area contributed by atoms with Crippen molar-refractivity contribution in [2.75, 3.05) is 0 Å². The van der Waals surface area contributed by atoms with Crippen LogP contribution in [0.25, 0.3) is 0 Å². The number of carbonyl (C=O) groups excluding carboxylic acids is 1. The first-order valence-electron chi connectivity index (χ1n) is 5.78. The van der Waals surface area contributed by atoms with Gasteiger partial charge in [-0.3, -0.25) is 9.48 Å². The van der Waals surface area contributed by atoms with Gasteiger partial charge in [0.05, 0.1) is 17.8 Å². The summed E-state index contributed by atoms with van der Waals surface area (Å²) < 4.78 is 1.86. The average Bonchev–Trinajstić information content (AvgIpc) is 2.57. The van der Waals surface area contributed by atoms with E-state index >= 15 is 0 Å². The van der Waals surface area contributed by atoms with Crippen molar-refractivity contribution in [1.29, 1.82) is 0 Å². The topological polar surface area (TPSA) is 34.9 Å². The highest BCUT2D eigenvalue weighted by Gasteiger charge is 2.14. The molecule has 0 bridgehead atoms. The predicted molar refractivity (Wildman–Crippen MR) is 72.3 cm³/mol. The van der Waals surface area contributed by atoms with E-state index in [1.54, 1.807) is 6.92 Å². The number of rotatable bonds is 3. The van der Waals surface area contributed by atoms with Gasteiger partial charge in [0, 0.05) is 10.7 Å². The van der Waals surface area contributed by atoms with Crippen LogP contribution in [0.3, 0.4) is 0 Å². The molecular weight excluding hydrogens is 248 g/mol. The number of hydrogen-bond donors (Lipinski definition) is 0. The Bertz CT molecular complexity index is 585. The van der Waals surface area contributed by atoms with Crippen LogP contribution in [0, 0.1) is 13.8 Å². The van der Waals surface area contributed by atoms with Gasteiger partial charge in [-0.25, -0.2) is 0 Å². The molecule has 0 N–H and O–H groups in total.